The summed E-state index contributed by atoms with van der Waals surface area (Å²) in [5.74, 6) is -1.39. The predicted octanol–water partition coefficient (Wildman–Crippen LogP) is 2.63. The molecule has 17 heavy (non-hydrogen) atoms. The number of carbonyl (C=O) groups excluding carboxylic acids is 2. The number of ether oxygens (including phenoxy) is 2. The van der Waals surface area contributed by atoms with E-state index < -0.39 is 18.5 Å². The van der Waals surface area contributed by atoms with Crippen molar-refractivity contribution in [2.75, 3.05) is 6.61 Å². The van der Waals surface area contributed by atoms with Crippen molar-refractivity contribution in [1.29, 1.82) is 0 Å². The zero-order valence-electron chi connectivity index (χ0n) is 8.61. The molecule has 90 valence electrons. The highest BCUT2D eigenvalue weighted by atomic mass is 35.5. The topological polar surface area (TPSA) is 52.6 Å². The van der Waals surface area contributed by atoms with Gasteiger partial charge in [0.05, 0.1) is 5.02 Å². The Bertz CT molecular complexity index is 457. The van der Waals surface area contributed by atoms with Crippen LogP contribution in [0.5, 0.6) is 5.75 Å². The Labute approximate surface area is 108 Å². The highest BCUT2D eigenvalue weighted by molar-refractivity contribution is 6.35. The quantitative estimate of drug-likeness (QED) is 0.481. The lowest BCUT2D eigenvalue weighted by atomic mass is 10.3. The van der Waals surface area contributed by atoms with Crippen molar-refractivity contribution in [3.8, 4) is 5.75 Å². The smallest absolute Gasteiger partial charge is 0.352 e. The SMILES string of the molecule is C=CC(=O)OC(=O)COc1ccc(Cl)cc1Cl. The number of carbonyl (C=O) groups is 2. The molecule has 0 radical (unpaired) electrons. The Kier molecular flexibility index (Phi) is 5.00. The summed E-state index contributed by atoms with van der Waals surface area (Å²) in [6.07, 6.45) is 0.882. The van der Waals surface area contributed by atoms with Crippen LogP contribution >= 0.6 is 23.2 Å². The fourth-order valence-electron chi connectivity index (χ4n) is 0.912. The van der Waals surface area contributed by atoms with Gasteiger partial charge in [-0.25, -0.2) is 9.59 Å². The third-order valence-corrected chi connectivity index (χ3v) is 2.15. The number of hydrogen-bond donors (Lipinski definition) is 0. The lowest BCUT2D eigenvalue weighted by Gasteiger charge is -2.06. The molecule has 4 nitrogen and oxygen atoms in total. The summed E-state index contributed by atoms with van der Waals surface area (Å²) in [6.45, 7) is 2.72. The van der Waals surface area contributed by atoms with Gasteiger partial charge in [0.1, 0.15) is 5.75 Å². The molecule has 0 aliphatic heterocycles. The van der Waals surface area contributed by atoms with Crippen molar-refractivity contribution in [2.24, 2.45) is 0 Å². The fraction of sp³-hybridized carbons (Fsp3) is 0.0909. The van der Waals surface area contributed by atoms with Crippen LogP contribution in [-0.2, 0) is 14.3 Å². The lowest BCUT2D eigenvalue weighted by Crippen LogP contribution is -2.17. The molecule has 0 atom stereocenters. The standard InChI is InChI=1S/C11H8Cl2O4/c1-2-10(14)17-11(15)6-16-9-4-3-7(12)5-8(9)13/h2-5H,1,6H2. The molecule has 0 N–H and O–H groups in total. The summed E-state index contributed by atoms with van der Waals surface area (Å²) in [7, 11) is 0. The molecule has 1 aromatic carbocycles. The molecule has 6 heteroatoms. The maximum atomic E-state index is 11.1. The average Bonchev–Trinajstić information content (AvgIpc) is 2.27. The number of halogens is 2. The van der Waals surface area contributed by atoms with Crippen LogP contribution in [0.3, 0.4) is 0 Å². The van der Waals surface area contributed by atoms with Crippen molar-refractivity contribution in [3.05, 3.63) is 40.9 Å². The summed E-state index contributed by atoms with van der Waals surface area (Å²) >= 11 is 11.5. The molecule has 0 heterocycles. The maximum absolute atomic E-state index is 11.1. The molecule has 0 aliphatic carbocycles. The van der Waals surface area contributed by atoms with Crippen LogP contribution in [-0.4, -0.2) is 18.5 Å². The summed E-state index contributed by atoms with van der Waals surface area (Å²) < 4.78 is 9.34. The van der Waals surface area contributed by atoms with E-state index >= 15 is 0 Å². The number of hydrogen-bond acceptors (Lipinski definition) is 4. The second-order valence-electron chi connectivity index (χ2n) is 2.86. The summed E-state index contributed by atoms with van der Waals surface area (Å²) in [4.78, 5) is 21.8. The van der Waals surface area contributed by atoms with E-state index in [1.165, 1.54) is 12.1 Å². The summed E-state index contributed by atoms with van der Waals surface area (Å²) in [5.41, 5.74) is 0. The molecule has 1 aromatic rings. The molecule has 0 aliphatic rings. The van der Waals surface area contributed by atoms with Gasteiger partial charge in [0.2, 0.25) is 0 Å². The van der Waals surface area contributed by atoms with Crippen LogP contribution in [0.2, 0.25) is 10.0 Å². The van der Waals surface area contributed by atoms with Gasteiger partial charge in [0, 0.05) is 11.1 Å². The Hall–Kier alpha value is -1.52. The minimum Gasteiger partial charge on any atom is -0.480 e. The molecule has 1 rings (SSSR count). The number of benzene rings is 1. The number of rotatable bonds is 4. The molecule has 0 spiro atoms. The zero-order valence-corrected chi connectivity index (χ0v) is 10.1. The van der Waals surface area contributed by atoms with Gasteiger partial charge in [-0.15, -0.1) is 0 Å². The van der Waals surface area contributed by atoms with Gasteiger partial charge >= 0.3 is 11.9 Å². The second kappa shape index (κ2) is 6.27. The average molecular weight is 275 g/mol. The van der Waals surface area contributed by atoms with E-state index in [1.807, 2.05) is 0 Å². The molecule has 0 amide bonds. The van der Waals surface area contributed by atoms with Gasteiger partial charge in [-0.3, -0.25) is 0 Å². The van der Waals surface area contributed by atoms with E-state index in [-0.39, 0.29) is 10.8 Å². The van der Waals surface area contributed by atoms with Crippen LogP contribution in [0.1, 0.15) is 0 Å². The van der Waals surface area contributed by atoms with Crippen molar-refractivity contribution < 1.29 is 19.1 Å². The molecule has 0 fully saturated rings. The van der Waals surface area contributed by atoms with Gasteiger partial charge in [-0.05, 0) is 18.2 Å². The van der Waals surface area contributed by atoms with Gasteiger partial charge < -0.3 is 9.47 Å². The second-order valence-corrected chi connectivity index (χ2v) is 3.70. The number of esters is 2. The highest BCUT2D eigenvalue weighted by Gasteiger charge is 2.10. The van der Waals surface area contributed by atoms with Gasteiger partial charge in [0.15, 0.2) is 6.61 Å². The Morgan fingerprint density at radius 1 is 1.35 bits per heavy atom. The lowest BCUT2D eigenvalue weighted by molar-refractivity contribution is -0.157. The fourth-order valence-corrected chi connectivity index (χ4v) is 1.38. The zero-order chi connectivity index (χ0) is 12.8. The van der Waals surface area contributed by atoms with E-state index in [1.54, 1.807) is 6.07 Å². The largest absolute Gasteiger partial charge is 0.480 e. The molecule has 0 unspecified atom stereocenters. The van der Waals surface area contributed by atoms with Crippen molar-refractivity contribution >= 4 is 35.1 Å². The molecular formula is C11H8Cl2O4. The molecule has 0 saturated carbocycles. The van der Waals surface area contributed by atoms with E-state index in [0.717, 1.165) is 6.08 Å². The van der Waals surface area contributed by atoms with Crippen LogP contribution < -0.4 is 4.74 Å². The van der Waals surface area contributed by atoms with Crippen LogP contribution in [0, 0.1) is 0 Å². The van der Waals surface area contributed by atoms with Crippen molar-refractivity contribution in [3.63, 3.8) is 0 Å². The summed E-state index contributed by atoms with van der Waals surface area (Å²) in [5, 5.41) is 0.715. The summed E-state index contributed by atoms with van der Waals surface area (Å²) in [6, 6.07) is 4.54. The molecule has 0 aromatic heterocycles. The van der Waals surface area contributed by atoms with Crippen molar-refractivity contribution in [2.45, 2.75) is 0 Å². The first kappa shape index (κ1) is 13.5. The van der Waals surface area contributed by atoms with E-state index in [9.17, 15) is 9.59 Å². The maximum Gasteiger partial charge on any atom is 0.352 e. The molecule has 0 saturated heterocycles. The van der Waals surface area contributed by atoms with Gasteiger partial charge in [-0.2, -0.15) is 0 Å². The first-order valence-corrected chi connectivity index (χ1v) is 5.23. The monoisotopic (exact) mass is 274 g/mol. The van der Waals surface area contributed by atoms with E-state index in [4.69, 9.17) is 27.9 Å². The minimum atomic E-state index is -0.833. The first-order valence-electron chi connectivity index (χ1n) is 4.48. The van der Waals surface area contributed by atoms with Crippen LogP contribution in [0.25, 0.3) is 0 Å². The minimum absolute atomic E-state index is 0.264. The normalized spacial score (nSPS) is 9.53. The van der Waals surface area contributed by atoms with Crippen molar-refractivity contribution in [1.82, 2.24) is 0 Å². The Balaban J connectivity index is 2.53. The Morgan fingerprint density at radius 2 is 2.06 bits per heavy atom. The third-order valence-electron chi connectivity index (χ3n) is 1.62. The van der Waals surface area contributed by atoms with Gasteiger partial charge in [-0.1, -0.05) is 29.8 Å². The van der Waals surface area contributed by atoms with Gasteiger partial charge in [0.25, 0.3) is 0 Å². The Morgan fingerprint density at radius 3 is 2.65 bits per heavy atom. The van der Waals surface area contributed by atoms with E-state index in [2.05, 4.69) is 11.3 Å². The highest BCUT2D eigenvalue weighted by Crippen LogP contribution is 2.27. The van der Waals surface area contributed by atoms with Crippen LogP contribution in [0.15, 0.2) is 30.9 Å². The predicted molar refractivity (Wildman–Crippen MR) is 63.3 cm³/mol. The third kappa shape index (κ3) is 4.46. The van der Waals surface area contributed by atoms with E-state index in [0.29, 0.717) is 5.02 Å². The molecule has 0 bridgehead atoms. The van der Waals surface area contributed by atoms with Crippen LogP contribution in [0.4, 0.5) is 0 Å². The molecular weight excluding hydrogens is 267 g/mol. The first-order chi connectivity index (χ1) is 8.02.